The molecule has 0 spiro atoms. The van der Waals surface area contributed by atoms with E-state index < -0.39 is 0 Å². The van der Waals surface area contributed by atoms with Gasteiger partial charge in [-0.2, -0.15) is 0 Å². The molecule has 2 nitrogen and oxygen atoms in total. The molecule has 2 rings (SSSR count). The van der Waals surface area contributed by atoms with Crippen molar-refractivity contribution in [3.05, 3.63) is 59.1 Å². The van der Waals surface area contributed by atoms with Gasteiger partial charge in [0.1, 0.15) is 5.82 Å². The Labute approximate surface area is 104 Å². The van der Waals surface area contributed by atoms with Gasteiger partial charge in [-0.15, -0.1) is 0 Å². The zero-order valence-corrected chi connectivity index (χ0v) is 9.91. The lowest BCUT2D eigenvalue weighted by atomic mass is 10.2. The average Bonchev–Trinajstić information content (AvgIpc) is 2.29. The lowest BCUT2D eigenvalue weighted by Crippen LogP contribution is -2.06. The number of pyridine rings is 1. The number of hydrogen-bond acceptors (Lipinski definition) is 2. The molecule has 0 radical (unpaired) electrons. The second kappa shape index (κ2) is 5.64. The van der Waals surface area contributed by atoms with Crippen LogP contribution in [0.4, 0.5) is 10.1 Å². The maximum Gasteiger partial charge on any atom is 0.126 e. The molecule has 17 heavy (non-hydrogen) atoms. The van der Waals surface area contributed by atoms with Crippen molar-refractivity contribution < 1.29 is 4.39 Å². The van der Waals surface area contributed by atoms with Crippen molar-refractivity contribution in [1.29, 1.82) is 0 Å². The summed E-state index contributed by atoms with van der Waals surface area (Å²) in [5.74, 6) is -0.335. The van der Waals surface area contributed by atoms with Crippen LogP contribution < -0.4 is 5.32 Å². The molecule has 0 saturated carbocycles. The van der Waals surface area contributed by atoms with Gasteiger partial charge in [-0.3, -0.25) is 4.98 Å². The van der Waals surface area contributed by atoms with Crippen molar-refractivity contribution in [1.82, 2.24) is 4.98 Å². The molecule has 0 bridgehead atoms. The molecule has 0 aliphatic carbocycles. The largest absolute Gasteiger partial charge is 0.385 e. The molecule has 0 fully saturated rings. The van der Waals surface area contributed by atoms with E-state index in [1.165, 1.54) is 12.1 Å². The van der Waals surface area contributed by atoms with Gasteiger partial charge in [0.2, 0.25) is 0 Å². The summed E-state index contributed by atoms with van der Waals surface area (Å²) >= 11 is 5.75. The summed E-state index contributed by atoms with van der Waals surface area (Å²) in [6.07, 6.45) is 2.54. The third-order valence-corrected chi connectivity index (χ3v) is 2.52. The SMILES string of the molecule is Fc1cc(Cl)cc(NCCc2ccccn2)c1. The Morgan fingerprint density at radius 1 is 1.24 bits per heavy atom. The van der Waals surface area contributed by atoms with E-state index in [0.717, 1.165) is 12.1 Å². The second-order valence-corrected chi connectivity index (χ2v) is 4.09. The van der Waals surface area contributed by atoms with E-state index in [-0.39, 0.29) is 5.82 Å². The van der Waals surface area contributed by atoms with Crippen LogP contribution in [-0.4, -0.2) is 11.5 Å². The Morgan fingerprint density at radius 3 is 2.82 bits per heavy atom. The van der Waals surface area contributed by atoms with E-state index in [1.807, 2.05) is 18.2 Å². The van der Waals surface area contributed by atoms with Crippen LogP contribution in [0.15, 0.2) is 42.6 Å². The summed E-state index contributed by atoms with van der Waals surface area (Å²) in [6, 6.07) is 10.2. The Bertz CT molecular complexity index is 468. The highest BCUT2D eigenvalue weighted by molar-refractivity contribution is 6.30. The fourth-order valence-electron chi connectivity index (χ4n) is 1.54. The molecule has 1 N–H and O–H groups in total. The molecule has 1 heterocycles. The van der Waals surface area contributed by atoms with Gasteiger partial charge in [0.15, 0.2) is 0 Å². The van der Waals surface area contributed by atoms with Crippen molar-refractivity contribution in [3.8, 4) is 0 Å². The summed E-state index contributed by atoms with van der Waals surface area (Å²) in [7, 11) is 0. The van der Waals surface area contributed by atoms with Gasteiger partial charge < -0.3 is 5.32 Å². The molecular formula is C13H12ClFN2. The van der Waals surface area contributed by atoms with Crippen LogP contribution in [0.2, 0.25) is 5.02 Å². The minimum absolute atomic E-state index is 0.335. The zero-order chi connectivity index (χ0) is 12.1. The number of anilines is 1. The Hall–Kier alpha value is -1.61. The van der Waals surface area contributed by atoms with Crippen molar-refractivity contribution in [2.45, 2.75) is 6.42 Å². The first-order valence-corrected chi connectivity index (χ1v) is 5.72. The molecule has 4 heteroatoms. The number of nitrogens with one attached hydrogen (secondary N) is 1. The number of halogens is 2. The molecule has 0 unspecified atom stereocenters. The normalized spacial score (nSPS) is 10.2. The van der Waals surface area contributed by atoms with Gasteiger partial charge in [-0.05, 0) is 30.3 Å². The van der Waals surface area contributed by atoms with Gasteiger partial charge in [0, 0.05) is 35.6 Å². The summed E-state index contributed by atoms with van der Waals surface area (Å²) in [5, 5.41) is 3.50. The third-order valence-electron chi connectivity index (χ3n) is 2.30. The highest BCUT2D eigenvalue weighted by Crippen LogP contribution is 2.17. The van der Waals surface area contributed by atoms with Gasteiger partial charge in [0.05, 0.1) is 0 Å². The van der Waals surface area contributed by atoms with E-state index in [4.69, 9.17) is 11.6 Å². The van der Waals surface area contributed by atoms with Crippen LogP contribution in [0.1, 0.15) is 5.69 Å². The van der Waals surface area contributed by atoms with E-state index in [2.05, 4.69) is 10.3 Å². The number of benzene rings is 1. The molecule has 0 amide bonds. The number of nitrogens with zero attached hydrogens (tertiary/aromatic N) is 1. The molecule has 1 aromatic carbocycles. The van der Waals surface area contributed by atoms with Gasteiger partial charge in [0.25, 0.3) is 0 Å². The molecule has 2 aromatic rings. The Morgan fingerprint density at radius 2 is 2.12 bits per heavy atom. The molecule has 0 atom stereocenters. The topological polar surface area (TPSA) is 24.9 Å². The van der Waals surface area contributed by atoms with Crippen LogP contribution in [0.25, 0.3) is 0 Å². The molecule has 0 aliphatic rings. The quantitative estimate of drug-likeness (QED) is 0.898. The molecule has 0 aliphatic heterocycles. The maximum absolute atomic E-state index is 13.0. The van der Waals surface area contributed by atoms with Crippen LogP contribution in [0, 0.1) is 5.82 Å². The number of rotatable bonds is 4. The number of aromatic nitrogens is 1. The predicted octanol–water partition coefficient (Wildman–Crippen LogP) is 3.53. The molecule has 1 aromatic heterocycles. The first kappa shape index (κ1) is 11.9. The average molecular weight is 251 g/mol. The van der Waals surface area contributed by atoms with Crippen LogP contribution in [0.5, 0.6) is 0 Å². The van der Waals surface area contributed by atoms with Gasteiger partial charge in [-0.25, -0.2) is 4.39 Å². The summed E-state index contributed by atoms with van der Waals surface area (Å²) in [6.45, 7) is 0.691. The monoisotopic (exact) mass is 250 g/mol. The minimum Gasteiger partial charge on any atom is -0.385 e. The lowest BCUT2D eigenvalue weighted by Gasteiger charge is -2.06. The highest BCUT2D eigenvalue weighted by atomic mass is 35.5. The van der Waals surface area contributed by atoms with Crippen molar-refractivity contribution in [2.24, 2.45) is 0 Å². The first-order valence-electron chi connectivity index (χ1n) is 5.34. The van der Waals surface area contributed by atoms with E-state index in [1.54, 1.807) is 12.3 Å². The smallest absolute Gasteiger partial charge is 0.126 e. The van der Waals surface area contributed by atoms with Crippen molar-refractivity contribution >= 4 is 17.3 Å². The minimum atomic E-state index is -0.335. The van der Waals surface area contributed by atoms with Crippen molar-refractivity contribution in [2.75, 3.05) is 11.9 Å². The fourth-order valence-corrected chi connectivity index (χ4v) is 1.76. The second-order valence-electron chi connectivity index (χ2n) is 3.66. The molecule has 0 saturated heterocycles. The van der Waals surface area contributed by atoms with Crippen LogP contribution >= 0.6 is 11.6 Å². The molecular weight excluding hydrogens is 239 g/mol. The van der Waals surface area contributed by atoms with Crippen LogP contribution in [0.3, 0.4) is 0 Å². The number of hydrogen-bond donors (Lipinski definition) is 1. The van der Waals surface area contributed by atoms with E-state index >= 15 is 0 Å². The third kappa shape index (κ3) is 3.71. The fraction of sp³-hybridized carbons (Fsp3) is 0.154. The van der Waals surface area contributed by atoms with Gasteiger partial charge in [-0.1, -0.05) is 17.7 Å². The Balaban J connectivity index is 1.90. The van der Waals surface area contributed by atoms with Crippen LogP contribution in [-0.2, 0) is 6.42 Å². The molecule has 88 valence electrons. The first-order chi connectivity index (χ1) is 8.24. The zero-order valence-electron chi connectivity index (χ0n) is 9.16. The standard InChI is InChI=1S/C13H12ClFN2/c14-10-7-11(15)9-13(8-10)17-6-4-12-3-1-2-5-16-12/h1-3,5,7-9,17H,4,6H2. The summed E-state index contributed by atoms with van der Waals surface area (Å²) in [5.41, 5.74) is 1.69. The van der Waals surface area contributed by atoms with E-state index in [9.17, 15) is 4.39 Å². The lowest BCUT2D eigenvalue weighted by molar-refractivity contribution is 0.628. The highest BCUT2D eigenvalue weighted by Gasteiger charge is 1.99. The Kier molecular flexibility index (Phi) is 3.94. The predicted molar refractivity (Wildman–Crippen MR) is 67.8 cm³/mol. The maximum atomic E-state index is 13.0. The van der Waals surface area contributed by atoms with E-state index in [0.29, 0.717) is 17.3 Å². The summed E-state index contributed by atoms with van der Waals surface area (Å²) in [4.78, 5) is 4.20. The van der Waals surface area contributed by atoms with Gasteiger partial charge >= 0.3 is 0 Å². The van der Waals surface area contributed by atoms with Crippen molar-refractivity contribution in [3.63, 3.8) is 0 Å². The summed E-state index contributed by atoms with van der Waals surface area (Å²) < 4.78 is 13.0.